The fraction of sp³-hybridized carbons (Fsp3) is 0.400. The van der Waals surface area contributed by atoms with E-state index in [-0.39, 0.29) is 32.2 Å². The molecule has 1 saturated heterocycles. The Morgan fingerprint density at radius 3 is 1.91 bits per heavy atom. The summed E-state index contributed by atoms with van der Waals surface area (Å²) in [7, 11) is 2.09. The summed E-state index contributed by atoms with van der Waals surface area (Å²) in [5.41, 5.74) is 0. The van der Waals surface area contributed by atoms with E-state index in [1.54, 1.807) is 12.8 Å². The molecule has 2 aliphatic rings. The summed E-state index contributed by atoms with van der Waals surface area (Å²) in [4.78, 5) is 13.9. The molecule has 22 heavy (non-hydrogen) atoms. The topological polar surface area (TPSA) is 89.2 Å². The molecule has 2 fully saturated rings. The molecule has 2 rings (SSSR count). The molecule has 0 aromatic carbocycles. The van der Waals surface area contributed by atoms with Gasteiger partial charge in [0.1, 0.15) is 6.10 Å². The van der Waals surface area contributed by atoms with Gasteiger partial charge in [0, 0.05) is 33.2 Å². The molecule has 7 heteroatoms. The molecule has 0 bridgehead atoms. The van der Waals surface area contributed by atoms with Crippen molar-refractivity contribution in [3.8, 4) is 0 Å². The van der Waals surface area contributed by atoms with E-state index in [4.69, 9.17) is 18.7 Å². The minimum absolute atomic E-state index is 0. The van der Waals surface area contributed by atoms with Crippen molar-refractivity contribution in [3.05, 3.63) is 51.6 Å². The molecule has 0 aromatic heterocycles. The molecule has 1 heterocycles. The molecule has 0 aromatic rings. The van der Waals surface area contributed by atoms with Crippen LogP contribution in [0, 0.1) is 51.6 Å². The zero-order valence-electron chi connectivity index (χ0n) is 12.1. The second-order valence-corrected chi connectivity index (χ2v) is 4.08. The number of rotatable bonds is 2. The Kier molecular flexibility index (Phi) is 21.9. The van der Waals surface area contributed by atoms with Crippen molar-refractivity contribution in [2.24, 2.45) is 0 Å². The normalized spacial score (nSPS) is 17.8. The van der Waals surface area contributed by atoms with E-state index >= 15 is 0 Å². The first-order valence-corrected chi connectivity index (χ1v) is 5.98. The van der Waals surface area contributed by atoms with Crippen molar-refractivity contribution in [2.75, 3.05) is 20.1 Å². The molecule has 1 aliphatic heterocycles. The zero-order chi connectivity index (χ0) is 16.7. The molecule has 0 atom stereocenters. The summed E-state index contributed by atoms with van der Waals surface area (Å²) >= 11 is 0. The van der Waals surface area contributed by atoms with Crippen LogP contribution in [0.3, 0.4) is 0 Å². The van der Waals surface area contributed by atoms with Crippen LogP contribution in [0.25, 0.3) is 0 Å². The third-order valence-electron chi connectivity index (χ3n) is 2.84. The van der Waals surface area contributed by atoms with E-state index in [1.807, 2.05) is 12.8 Å². The van der Waals surface area contributed by atoms with Gasteiger partial charge in [-0.1, -0.05) is 0 Å². The van der Waals surface area contributed by atoms with Gasteiger partial charge < -0.3 is 9.64 Å². The minimum atomic E-state index is -0.186. The fourth-order valence-electron chi connectivity index (χ4n) is 1.83. The van der Waals surface area contributed by atoms with E-state index in [0.29, 0.717) is 5.92 Å². The monoisotopic (exact) mass is 387 g/mol. The molecular weight excluding hydrogens is 372 g/mol. The molecule has 0 amide bonds. The summed E-state index contributed by atoms with van der Waals surface area (Å²) in [6.07, 6.45) is 9.28. The van der Waals surface area contributed by atoms with Gasteiger partial charge in [-0.25, -0.2) is 0 Å². The minimum Gasteiger partial charge on any atom is 0 e. The number of carbonyl (C=O) groups excluding carboxylic acids is 1. The zero-order valence-corrected chi connectivity index (χ0v) is 13.9. The Balaban J connectivity index is -0.000000463. The van der Waals surface area contributed by atoms with E-state index in [0.717, 1.165) is 25.9 Å². The van der Waals surface area contributed by atoms with Crippen LogP contribution in [-0.4, -0.2) is 37.1 Å². The number of hydrogen-bond donors (Lipinski definition) is 0. The summed E-state index contributed by atoms with van der Waals surface area (Å²) in [6, 6.07) is 0. The van der Waals surface area contributed by atoms with Crippen LogP contribution in [0.2, 0.25) is 0 Å². The molecule has 0 unspecified atom stereocenters. The van der Waals surface area contributed by atoms with Gasteiger partial charge in [-0.3, -0.25) is 4.79 Å². The first-order valence-electron chi connectivity index (χ1n) is 5.98. The summed E-state index contributed by atoms with van der Waals surface area (Å²) in [5, 5.41) is 0. The number of esters is 1. The molecule has 6 nitrogen and oxygen atoms in total. The van der Waals surface area contributed by atoms with Crippen LogP contribution < -0.4 is 0 Å². The van der Waals surface area contributed by atoms with Crippen LogP contribution in [0.4, 0.5) is 0 Å². The van der Waals surface area contributed by atoms with Gasteiger partial charge in [0.2, 0.25) is 0 Å². The summed E-state index contributed by atoms with van der Waals surface area (Å²) < 4.78 is 27.9. The standard InChI is InChI=1S/C12H16NO2.3CO.Tc/c1-13-8-6-11(7-9-13)15-12(14)10-4-2-3-5-10;3*1-2;/h2-5,11H,6-9H2,1H3;;;;. The summed E-state index contributed by atoms with van der Waals surface area (Å²) in [6.45, 7) is 15.5. The van der Waals surface area contributed by atoms with Gasteiger partial charge in [-0.2, -0.15) is 0 Å². The predicted octanol–water partition coefficient (Wildman–Crippen LogP) is 0.914. The number of likely N-dealkylation sites (tertiary alicyclic amines) is 1. The second-order valence-electron chi connectivity index (χ2n) is 4.08. The Morgan fingerprint density at radius 2 is 1.50 bits per heavy atom. The van der Waals surface area contributed by atoms with Crippen molar-refractivity contribution in [2.45, 2.75) is 18.9 Å². The molecular formula is C15H16NO5Tc. The van der Waals surface area contributed by atoms with Crippen LogP contribution >= 0.6 is 0 Å². The molecule has 118 valence electrons. The Morgan fingerprint density at radius 1 is 1.09 bits per heavy atom. The van der Waals surface area contributed by atoms with Crippen molar-refractivity contribution >= 4 is 5.97 Å². The van der Waals surface area contributed by atoms with E-state index in [1.165, 1.54) is 0 Å². The maximum absolute atomic E-state index is 11.6. The molecule has 6 radical (unpaired) electrons. The quantitative estimate of drug-likeness (QED) is 0.400. The van der Waals surface area contributed by atoms with Gasteiger partial charge in [-0.05, 0) is 45.6 Å². The maximum atomic E-state index is 11.6. The average Bonchev–Trinajstić information content (AvgIpc) is 3.10. The van der Waals surface area contributed by atoms with Crippen LogP contribution in [0.15, 0.2) is 0 Å². The van der Waals surface area contributed by atoms with Gasteiger partial charge >= 0.3 is 39.9 Å². The Hall–Kier alpha value is -0.701. The molecule has 1 saturated carbocycles. The first-order chi connectivity index (χ1) is 10.3. The van der Waals surface area contributed by atoms with Crippen molar-refractivity contribution in [1.29, 1.82) is 0 Å². The van der Waals surface area contributed by atoms with Crippen molar-refractivity contribution < 1.29 is 43.6 Å². The number of nitrogens with zero attached hydrogens (tertiary/aromatic N) is 1. The average molecular weight is 388 g/mol. The van der Waals surface area contributed by atoms with Gasteiger partial charge in [-0.15, -0.1) is 0 Å². The van der Waals surface area contributed by atoms with Crippen molar-refractivity contribution in [1.82, 2.24) is 4.90 Å². The van der Waals surface area contributed by atoms with Gasteiger partial charge in [0.25, 0.3) is 0 Å². The predicted molar refractivity (Wildman–Crippen MR) is 68.8 cm³/mol. The van der Waals surface area contributed by atoms with Crippen molar-refractivity contribution in [3.63, 3.8) is 0 Å². The fourth-order valence-corrected chi connectivity index (χ4v) is 1.83. The molecule has 1 aliphatic carbocycles. The summed E-state index contributed by atoms with van der Waals surface area (Å²) in [5.74, 6) is 0.475. The number of ether oxygens (including phenoxy) is 1. The van der Waals surface area contributed by atoms with E-state index < -0.39 is 0 Å². The third-order valence-corrected chi connectivity index (χ3v) is 2.84. The second kappa shape index (κ2) is 18.3. The Bertz CT molecular complexity index is 314. The smallest absolute Gasteiger partial charge is 0 e. The first kappa shape index (κ1) is 26.2. The van der Waals surface area contributed by atoms with E-state index in [9.17, 15) is 4.79 Å². The molecule has 0 spiro atoms. The van der Waals surface area contributed by atoms with Gasteiger partial charge in [0.15, 0.2) is 0 Å². The number of carbonyl (C=O) groups is 1. The number of piperidine rings is 1. The number of hydrogen-bond acceptors (Lipinski definition) is 3. The maximum Gasteiger partial charge on any atom is 0 e. The van der Waals surface area contributed by atoms with Crippen LogP contribution in [0.5, 0.6) is 0 Å². The third kappa shape index (κ3) is 10.9. The van der Waals surface area contributed by atoms with Gasteiger partial charge in [0.05, 0.1) is 5.92 Å². The van der Waals surface area contributed by atoms with Crippen LogP contribution in [0.1, 0.15) is 12.8 Å². The molecule has 0 N–H and O–H groups in total. The SMILES string of the molecule is CN1CCC(OC(=O)[C]2[CH][CH][CH][CH]2)CC1.[C-]#[O+].[C-]#[O+].[C-]#[O+].[Tc]. The largest absolute Gasteiger partial charge is 0 e. The van der Waals surface area contributed by atoms with E-state index in [2.05, 4.69) is 31.9 Å². The Labute approximate surface area is 145 Å². The van der Waals surface area contributed by atoms with Crippen LogP contribution in [-0.2, 0) is 43.6 Å².